The molecule has 1 aliphatic heterocycles. The number of rotatable bonds is 3. The summed E-state index contributed by atoms with van der Waals surface area (Å²) in [4.78, 5) is 31.6. The van der Waals surface area contributed by atoms with Crippen molar-refractivity contribution in [2.24, 2.45) is 5.92 Å². The summed E-state index contributed by atoms with van der Waals surface area (Å²) in [5.74, 6) is 0.202. The average Bonchev–Trinajstić information content (AvgIpc) is 3.18. The highest BCUT2D eigenvalue weighted by Gasteiger charge is 2.57. The van der Waals surface area contributed by atoms with Gasteiger partial charge in [0.15, 0.2) is 0 Å². The number of hydrogen-bond donors (Lipinski definition) is 1. The fourth-order valence-electron chi connectivity index (χ4n) is 2.95. The van der Waals surface area contributed by atoms with Crippen molar-refractivity contribution < 1.29 is 9.59 Å². The third-order valence-corrected chi connectivity index (χ3v) is 5.50. The first-order chi connectivity index (χ1) is 9.75. The summed E-state index contributed by atoms with van der Waals surface area (Å²) in [5.41, 5.74) is -0.743. The number of piperazine rings is 1. The van der Waals surface area contributed by atoms with Gasteiger partial charge < -0.3 is 10.2 Å². The van der Waals surface area contributed by atoms with E-state index in [1.165, 1.54) is 0 Å². The molecule has 1 aliphatic carbocycles. The van der Waals surface area contributed by atoms with E-state index in [1.54, 1.807) is 30.1 Å². The van der Waals surface area contributed by atoms with Gasteiger partial charge in [0.1, 0.15) is 11.1 Å². The molecule has 1 N–H and O–H groups in total. The number of aryl methyl sites for hydroxylation is 1. The highest BCUT2D eigenvalue weighted by molar-refractivity contribution is 7.09. The van der Waals surface area contributed by atoms with Gasteiger partial charge in [-0.1, -0.05) is 0 Å². The van der Waals surface area contributed by atoms with Crippen LogP contribution in [0.3, 0.4) is 0 Å². The van der Waals surface area contributed by atoms with Gasteiger partial charge in [0.25, 0.3) is 0 Å². The summed E-state index contributed by atoms with van der Waals surface area (Å²) in [6, 6.07) is 0. The molecule has 1 saturated heterocycles. The van der Waals surface area contributed by atoms with Crippen LogP contribution in [0, 0.1) is 12.8 Å². The monoisotopic (exact) mass is 307 g/mol. The lowest BCUT2D eigenvalue weighted by molar-refractivity contribution is -0.162. The quantitative estimate of drug-likeness (QED) is 0.927. The first-order valence-electron chi connectivity index (χ1n) is 7.31. The lowest BCUT2D eigenvalue weighted by Crippen LogP contribution is -2.73. The highest BCUT2D eigenvalue weighted by atomic mass is 32.1. The minimum absolute atomic E-state index is 0.0141. The van der Waals surface area contributed by atoms with Gasteiger partial charge in [-0.05, 0) is 46.5 Å². The van der Waals surface area contributed by atoms with E-state index >= 15 is 0 Å². The minimum atomic E-state index is -0.844. The third kappa shape index (κ3) is 2.25. The van der Waals surface area contributed by atoms with Crippen LogP contribution in [-0.4, -0.2) is 32.8 Å². The maximum Gasteiger partial charge on any atom is 0.249 e. The maximum atomic E-state index is 13.0. The topological polar surface area (TPSA) is 62.3 Å². The maximum absolute atomic E-state index is 13.0. The summed E-state index contributed by atoms with van der Waals surface area (Å²) in [7, 11) is 0. The van der Waals surface area contributed by atoms with Crippen LogP contribution in [0.4, 0.5) is 0 Å². The molecular formula is C15H21N3O2S. The summed E-state index contributed by atoms with van der Waals surface area (Å²) in [6.07, 6.45) is 2.01. The number of nitrogens with one attached hydrogen (secondary N) is 1. The molecule has 2 amide bonds. The van der Waals surface area contributed by atoms with Gasteiger partial charge in [0, 0.05) is 5.38 Å². The van der Waals surface area contributed by atoms with Crippen molar-refractivity contribution in [1.82, 2.24) is 15.2 Å². The van der Waals surface area contributed by atoms with E-state index < -0.39 is 11.1 Å². The molecule has 6 heteroatoms. The average molecular weight is 307 g/mol. The van der Waals surface area contributed by atoms with Crippen molar-refractivity contribution in [2.75, 3.05) is 0 Å². The molecule has 3 rings (SSSR count). The van der Waals surface area contributed by atoms with Crippen molar-refractivity contribution in [1.29, 1.82) is 0 Å². The lowest BCUT2D eigenvalue weighted by Gasteiger charge is -2.48. The molecule has 2 heterocycles. The summed E-state index contributed by atoms with van der Waals surface area (Å²) in [6.45, 7) is 7.79. The molecule has 1 aromatic rings. The van der Waals surface area contributed by atoms with Crippen molar-refractivity contribution >= 4 is 23.2 Å². The number of carbonyl (C=O) groups is 2. The number of carbonyl (C=O) groups excluding carboxylic acids is 2. The van der Waals surface area contributed by atoms with Crippen LogP contribution in [0.15, 0.2) is 5.38 Å². The van der Waals surface area contributed by atoms with E-state index in [4.69, 9.17) is 0 Å². The molecule has 0 aromatic carbocycles. The van der Waals surface area contributed by atoms with E-state index in [0.717, 1.165) is 23.5 Å². The Morgan fingerprint density at radius 2 is 2.05 bits per heavy atom. The van der Waals surface area contributed by atoms with Crippen LogP contribution in [-0.2, 0) is 16.1 Å². The zero-order valence-electron chi connectivity index (χ0n) is 12.9. The van der Waals surface area contributed by atoms with Crippen molar-refractivity contribution in [2.45, 2.75) is 58.2 Å². The Hall–Kier alpha value is -1.43. The molecule has 0 spiro atoms. The standard InChI is InChI=1S/C15H21N3O2S/c1-9-16-11(8-21-9)7-18-13(20)15(4,10-5-6-10)17-12(19)14(18,2)3/h8,10H,5-7H2,1-4H3,(H,17,19). The smallest absolute Gasteiger partial charge is 0.249 e. The van der Waals surface area contributed by atoms with Crippen LogP contribution in [0.1, 0.15) is 44.3 Å². The zero-order chi connectivity index (χ0) is 15.4. The van der Waals surface area contributed by atoms with Gasteiger partial charge in [0.2, 0.25) is 11.8 Å². The minimum Gasteiger partial charge on any atom is -0.340 e. The Labute approximate surface area is 128 Å². The number of thiazole rings is 1. The second-order valence-electron chi connectivity index (χ2n) is 6.74. The number of nitrogens with zero attached hydrogens (tertiary/aromatic N) is 2. The molecule has 0 radical (unpaired) electrons. The van der Waals surface area contributed by atoms with Gasteiger partial charge in [-0.2, -0.15) is 0 Å². The molecule has 1 unspecified atom stereocenters. The van der Waals surface area contributed by atoms with Crippen molar-refractivity contribution in [3.8, 4) is 0 Å². The van der Waals surface area contributed by atoms with Crippen LogP contribution in [0.25, 0.3) is 0 Å². The molecule has 1 atom stereocenters. The van der Waals surface area contributed by atoms with Crippen LogP contribution < -0.4 is 5.32 Å². The fourth-order valence-corrected chi connectivity index (χ4v) is 3.55. The molecule has 114 valence electrons. The molecule has 0 bridgehead atoms. The molecule has 1 saturated carbocycles. The van der Waals surface area contributed by atoms with E-state index in [-0.39, 0.29) is 17.7 Å². The van der Waals surface area contributed by atoms with Gasteiger partial charge >= 0.3 is 0 Å². The number of aromatic nitrogens is 1. The van der Waals surface area contributed by atoms with E-state index in [0.29, 0.717) is 6.54 Å². The van der Waals surface area contributed by atoms with E-state index in [1.807, 2.05) is 19.2 Å². The summed E-state index contributed by atoms with van der Waals surface area (Å²) < 4.78 is 0. The van der Waals surface area contributed by atoms with Gasteiger partial charge in [-0.25, -0.2) is 4.98 Å². The molecule has 5 nitrogen and oxygen atoms in total. The van der Waals surface area contributed by atoms with E-state index in [2.05, 4.69) is 10.3 Å². The summed E-state index contributed by atoms with van der Waals surface area (Å²) in [5, 5.41) is 5.90. The van der Waals surface area contributed by atoms with Crippen molar-refractivity contribution in [3.63, 3.8) is 0 Å². The molecule has 2 fully saturated rings. The lowest BCUT2D eigenvalue weighted by atomic mass is 9.85. The first kappa shape index (κ1) is 14.5. The Morgan fingerprint density at radius 3 is 2.57 bits per heavy atom. The predicted molar refractivity (Wildman–Crippen MR) is 80.8 cm³/mol. The van der Waals surface area contributed by atoms with Gasteiger partial charge in [0.05, 0.1) is 17.2 Å². The third-order valence-electron chi connectivity index (χ3n) is 4.67. The van der Waals surface area contributed by atoms with E-state index in [9.17, 15) is 9.59 Å². The fraction of sp³-hybridized carbons (Fsp3) is 0.667. The number of hydrogen-bond acceptors (Lipinski definition) is 4. The zero-order valence-corrected chi connectivity index (χ0v) is 13.7. The number of amides is 2. The molecule has 2 aliphatic rings. The SMILES string of the molecule is Cc1nc(CN2C(=O)C(C)(C3CC3)NC(=O)C2(C)C)cs1. The van der Waals surface area contributed by atoms with Crippen LogP contribution in [0.2, 0.25) is 0 Å². The highest BCUT2D eigenvalue weighted by Crippen LogP contribution is 2.43. The van der Waals surface area contributed by atoms with Crippen LogP contribution >= 0.6 is 11.3 Å². The van der Waals surface area contributed by atoms with Gasteiger partial charge in [-0.15, -0.1) is 11.3 Å². The molecule has 1 aromatic heterocycles. The Balaban J connectivity index is 1.93. The Kier molecular flexibility index (Phi) is 3.13. The normalized spacial score (nSPS) is 28.7. The first-order valence-corrected chi connectivity index (χ1v) is 8.19. The molecule has 21 heavy (non-hydrogen) atoms. The Morgan fingerprint density at radius 1 is 1.38 bits per heavy atom. The predicted octanol–water partition coefficient (Wildman–Crippen LogP) is 1.86. The largest absolute Gasteiger partial charge is 0.340 e. The van der Waals surface area contributed by atoms with Gasteiger partial charge in [-0.3, -0.25) is 9.59 Å². The molecular weight excluding hydrogens is 286 g/mol. The summed E-state index contributed by atoms with van der Waals surface area (Å²) >= 11 is 1.56. The van der Waals surface area contributed by atoms with Crippen molar-refractivity contribution in [3.05, 3.63) is 16.1 Å². The Bertz CT molecular complexity index is 606. The van der Waals surface area contributed by atoms with Crippen LogP contribution in [0.5, 0.6) is 0 Å². The second kappa shape index (κ2) is 4.53. The second-order valence-corrected chi connectivity index (χ2v) is 7.80.